The Balaban J connectivity index is 1.36. The van der Waals surface area contributed by atoms with E-state index in [0.717, 1.165) is 54.3 Å². The van der Waals surface area contributed by atoms with Gasteiger partial charge in [0.15, 0.2) is 0 Å². The van der Waals surface area contributed by atoms with Gasteiger partial charge >= 0.3 is 0 Å². The molecule has 1 aliphatic rings. The topological polar surface area (TPSA) is 141 Å². The molecule has 39 heavy (non-hydrogen) atoms. The van der Waals surface area contributed by atoms with Crippen molar-refractivity contribution in [3.8, 4) is 16.8 Å². The Hall–Kier alpha value is -4.61. The van der Waals surface area contributed by atoms with Crippen molar-refractivity contribution in [3.05, 3.63) is 85.1 Å². The molecule has 3 heterocycles. The Morgan fingerprint density at radius 1 is 0.846 bits per heavy atom. The van der Waals surface area contributed by atoms with E-state index in [9.17, 15) is 8.42 Å². The number of sulfonamides is 1. The second-order valence-electron chi connectivity index (χ2n) is 9.20. The van der Waals surface area contributed by atoms with Gasteiger partial charge in [0.1, 0.15) is 10.7 Å². The van der Waals surface area contributed by atoms with Gasteiger partial charge in [0.2, 0.25) is 5.95 Å². The number of nitrogens with zero attached hydrogens (tertiary/aromatic N) is 4. The van der Waals surface area contributed by atoms with E-state index in [1.807, 2.05) is 34.9 Å². The molecule has 5 N–H and O–H groups in total. The number of hydrogen-bond donors (Lipinski definition) is 3. The zero-order chi connectivity index (χ0) is 27.0. The summed E-state index contributed by atoms with van der Waals surface area (Å²) in [7, 11) is -3.96. The molecule has 10 nitrogen and oxygen atoms in total. The maximum absolute atomic E-state index is 13.1. The van der Waals surface area contributed by atoms with Gasteiger partial charge in [-0.25, -0.2) is 18.4 Å². The number of pyridine rings is 1. The van der Waals surface area contributed by atoms with Crippen LogP contribution in [0.25, 0.3) is 27.8 Å². The summed E-state index contributed by atoms with van der Waals surface area (Å²) in [6, 6.07) is 23.9. The minimum atomic E-state index is -3.96. The zero-order valence-electron chi connectivity index (χ0n) is 21.0. The van der Waals surface area contributed by atoms with E-state index in [-0.39, 0.29) is 10.7 Å². The maximum Gasteiger partial charge on any atom is 0.265 e. The molecule has 0 atom stereocenters. The number of morpholine rings is 1. The van der Waals surface area contributed by atoms with Crippen LogP contribution in [0.15, 0.2) is 90.0 Å². The number of nitrogen functional groups attached to an aromatic ring is 2. The lowest BCUT2D eigenvalue weighted by Crippen LogP contribution is -2.36. The van der Waals surface area contributed by atoms with Gasteiger partial charge in [-0.3, -0.25) is 9.29 Å². The first-order valence-electron chi connectivity index (χ1n) is 12.4. The van der Waals surface area contributed by atoms with Crippen LogP contribution in [0, 0.1) is 0 Å². The summed E-state index contributed by atoms with van der Waals surface area (Å²) in [6.07, 6.45) is 1.55. The highest BCUT2D eigenvalue weighted by atomic mass is 32.2. The lowest BCUT2D eigenvalue weighted by Gasteiger charge is -2.29. The van der Waals surface area contributed by atoms with Crippen LogP contribution in [0.4, 0.5) is 23.1 Å². The third kappa shape index (κ3) is 4.85. The molecule has 0 aliphatic carbocycles. The molecule has 5 aromatic rings. The standard InChI is InChI=1S/C28H27N7O3S/c29-27-26(39(36,37)33-21-4-2-1-3-5-21)17-20(18-31-27)19-6-11-24-25(16-19)35(28(30)32-24)23-9-7-22(8-10-23)34-12-14-38-15-13-34/h1-11,16-18,33H,12-15H2,(H2,29,31)(H2,30,32). The highest BCUT2D eigenvalue weighted by molar-refractivity contribution is 7.92. The summed E-state index contributed by atoms with van der Waals surface area (Å²) in [5.74, 6) is 0.268. The molecule has 0 spiro atoms. The molecule has 0 amide bonds. The Morgan fingerprint density at radius 3 is 2.31 bits per heavy atom. The smallest absolute Gasteiger partial charge is 0.265 e. The van der Waals surface area contributed by atoms with E-state index in [2.05, 4.69) is 31.7 Å². The van der Waals surface area contributed by atoms with Gasteiger partial charge in [-0.2, -0.15) is 0 Å². The van der Waals surface area contributed by atoms with E-state index in [1.165, 1.54) is 6.07 Å². The van der Waals surface area contributed by atoms with Crippen molar-refractivity contribution >= 4 is 44.2 Å². The zero-order valence-corrected chi connectivity index (χ0v) is 21.8. The fourth-order valence-electron chi connectivity index (χ4n) is 4.72. The first-order valence-corrected chi connectivity index (χ1v) is 13.9. The fourth-order valence-corrected chi connectivity index (χ4v) is 5.89. The largest absolute Gasteiger partial charge is 0.383 e. The quantitative estimate of drug-likeness (QED) is 0.294. The molecule has 1 saturated heterocycles. The number of nitrogens with one attached hydrogen (secondary N) is 1. The number of benzene rings is 3. The van der Waals surface area contributed by atoms with Crippen molar-refractivity contribution in [2.24, 2.45) is 0 Å². The first kappa shape index (κ1) is 24.7. The molecule has 1 aliphatic heterocycles. The highest BCUT2D eigenvalue weighted by Crippen LogP contribution is 2.31. The van der Waals surface area contributed by atoms with E-state index >= 15 is 0 Å². The monoisotopic (exact) mass is 541 g/mol. The Morgan fingerprint density at radius 2 is 1.56 bits per heavy atom. The number of anilines is 4. The third-order valence-electron chi connectivity index (χ3n) is 6.70. The Labute approximate surface area is 225 Å². The molecule has 11 heteroatoms. The van der Waals surface area contributed by atoms with E-state index in [4.69, 9.17) is 16.2 Å². The minimum Gasteiger partial charge on any atom is -0.383 e. The van der Waals surface area contributed by atoms with Gasteiger partial charge in [-0.05, 0) is 60.2 Å². The number of nitrogens with two attached hydrogens (primary N) is 2. The molecule has 6 rings (SSSR count). The van der Waals surface area contributed by atoms with Crippen LogP contribution >= 0.6 is 0 Å². The molecule has 3 aromatic carbocycles. The fraction of sp³-hybridized carbons (Fsp3) is 0.143. The van der Waals surface area contributed by atoms with E-state index in [0.29, 0.717) is 17.2 Å². The second-order valence-corrected chi connectivity index (χ2v) is 10.9. The summed E-state index contributed by atoms with van der Waals surface area (Å²) >= 11 is 0. The van der Waals surface area contributed by atoms with Crippen molar-refractivity contribution < 1.29 is 13.2 Å². The molecule has 0 unspecified atom stereocenters. The average molecular weight is 542 g/mol. The van der Waals surface area contributed by atoms with Gasteiger partial charge in [-0.1, -0.05) is 24.3 Å². The number of para-hydroxylation sites is 1. The van der Waals surface area contributed by atoms with Crippen molar-refractivity contribution in [2.75, 3.05) is 47.4 Å². The molecule has 0 saturated carbocycles. The van der Waals surface area contributed by atoms with Gasteiger partial charge in [-0.15, -0.1) is 0 Å². The van der Waals surface area contributed by atoms with Crippen LogP contribution < -0.4 is 21.1 Å². The molecular formula is C28H27N7O3S. The highest BCUT2D eigenvalue weighted by Gasteiger charge is 2.21. The summed E-state index contributed by atoms with van der Waals surface area (Å²) in [4.78, 5) is 10.9. The maximum atomic E-state index is 13.1. The second kappa shape index (κ2) is 9.93. The average Bonchev–Trinajstić information content (AvgIpc) is 3.29. The normalized spacial score (nSPS) is 14.0. The minimum absolute atomic E-state index is 0.0853. The predicted molar refractivity (Wildman–Crippen MR) is 153 cm³/mol. The van der Waals surface area contributed by atoms with Crippen molar-refractivity contribution in [1.82, 2.24) is 14.5 Å². The number of fused-ring (bicyclic) bond motifs is 1. The van der Waals surface area contributed by atoms with E-state index < -0.39 is 10.0 Å². The van der Waals surface area contributed by atoms with Crippen LogP contribution in [0.3, 0.4) is 0 Å². The predicted octanol–water partition coefficient (Wildman–Crippen LogP) is 3.89. The number of hydrogen-bond acceptors (Lipinski definition) is 8. The number of rotatable bonds is 6. The first-order chi connectivity index (χ1) is 18.9. The molecule has 198 valence electrons. The number of ether oxygens (including phenoxy) is 1. The number of imidazole rings is 1. The molecule has 1 fully saturated rings. The molecule has 0 radical (unpaired) electrons. The lowest BCUT2D eigenvalue weighted by molar-refractivity contribution is 0.122. The summed E-state index contributed by atoms with van der Waals surface area (Å²) in [5, 5.41) is 0. The van der Waals surface area contributed by atoms with Gasteiger partial charge in [0.25, 0.3) is 10.0 Å². The van der Waals surface area contributed by atoms with Gasteiger partial charge < -0.3 is 21.1 Å². The van der Waals surface area contributed by atoms with E-state index in [1.54, 1.807) is 36.5 Å². The molecule has 0 bridgehead atoms. The van der Waals surface area contributed by atoms with Crippen molar-refractivity contribution in [3.63, 3.8) is 0 Å². The summed E-state index contributed by atoms with van der Waals surface area (Å²) in [6.45, 7) is 3.14. The summed E-state index contributed by atoms with van der Waals surface area (Å²) < 4.78 is 36.1. The van der Waals surface area contributed by atoms with Crippen LogP contribution in [0.5, 0.6) is 0 Å². The van der Waals surface area contributed by atoms with Crippen molar-refractivity contribution in [1.29, 1.82) is 0 Å². The summed E-state index contributed by atoms with van der Waals surface area (Å²) in [5.41, 5.74) is 17.6. The van der Waals surface area contributed by atoms with Crippen LogP contribution in [0.1, 0.15) is 0 Å². The van der Waals surface area contributed by atoms with Gasteiger partial charge in [0, 0.05) is 41.9 Å². The van der Waals surface area contributed by atoms with Crippen LogP contribution in [0.2, 0.25) is 0 Å². The molecular weight excluding hydrogens is 514 g/mol. The van der Waals surface area contributed by atoms with Crippen LogP contribution in [-0.2, 0) is 14.8 Å². The Bertz CT molecular complexity index is 1750. The lowest BCUT2D eigenvalue weighted by atomic mass is 10.1. The van der Waals surface area contributed by atoms with Crippen LogP contribution in [-0.4, -0.2) is 49.3 Å². The molecule has 2 aromatic heterocycles. The van der Waals surface area contributed by atoms with Crippen molar-refractivity contribution in [2.45, 2.75) is 4.90 Å². The third-order valence-corrected chi connectivity index (χ3v) is 8.11. The SMILES string of the molecule is Nc1ncc(-c2ccc3nc(N)n(-c4ccc(N5CCOCC5)cc4)c3c2)cc1S(=O)(=O)Nc1ccccc1. The van der Waals surface area contributed by atoms with Gasteiger partial charge in [0.05, 0.1) is 24.2 Å². The number of aromatic nitrogens is 3. The Kier molecular flexibility index (Phi) is 6.29.